The zero-order valence-corrected chi connectivity index (χ0v) is 27.2. The average molecular weight is 670 g/mol. The van der Waals surface area contributed by atoms with Crippen molar-refractivity contribution in [3.8, 4) is 22.1 Å². The normalized spacial score (nSPS) is 12.9. The molecule has 1 aliphatic rings. The lowest BCUT2D eigenvalue weighted by molar-refractivity contribution is -0.113. The number of methoxy groups -OCH3 is 1. The van der Waals surface area contributed by atoms with Gasteiger partial charge < -0.3 is 29.7 Å². The lowest BCUT2D eigenvalue weighted by atomic mass is 10.1. The number of carbonyl (C=O) groups is 1. The number of benzene rings is 2. The second-order valence-corrected chi connectivity index (χ2v) is 11.8. The highest BCUT2D eigenvalue weighted by atomic mass is 32.1. The lowest BCUT2D eigenvalue weighted by Crippen LogP contribution is -2.30. The number of fused-ring (bicyclic) bond motifs is 1. The van der Waals surface area contributed by atoms with Crippen LogP contribution in [-0.4, -0.2) is 49.3 Å². The average Bonchev–Trinajstić information content (AvgIpc) is 3.54. The molecule has 12 heteroatoms. The van der Waals surface area contributed by atoms with E-state index in [0.717, 1.165) is 27.4 Å². The van der Waals surface area contributed by atoms with Crippen LogP contribution in [0.2, 0.25) is 0 Å². The molecular formula is C36H33F2N5O4S. The van der Waals surface area contributed by atoms with Crippen molar-refractivity contribution < 1.29 is 27.8 Å². The van der Waals surface area contributed by atoms with Gasteiger partial charge in [-0.2, -0.15) is 0 Å². The van der Waals surface area contributed by atoms with Crippen LogP contribution in [0.4, 0.5) is 20.2 Å². The van der Waals surface area contributed by atoms with E-state index in [1.165, 1.54) is 35.6 Å². The number of carbonyl (C=O) groups excluding carboxylic acids is 1. The summed E-state index contributed by atoms with van der Waals surface area (Å²) in [6, 6.07) is 17.8. The molecule has 0 saturated carbocycles. The number of thiophene rings is 1. The van der Waals surface area contributed by atoms with Gasteiger partial charge in [0.2, 0.25) is 0 Å². The number of anilines is 2. The Morgan fingerprint density at radius 1 is 1.02 bits per heavy atom. The number of ether oxygens (including phenoxy) is 3. The quantitative estimate of drug-likeness (QED) is 0.125. The minimum absolute atomic E-state index is 0.00351. The fourth-order valence-corrected chi connectivity index (χ4v) is 6.08. The molecule has 2 N–H and O–H groups in total. The number of rotatable bonds is 13. The number of allylic oxidation sites excluding steroid dienone is 1. The minimum Gasteiger partial charge on any atom is -0.493 e. The number of nitrogens with one attached hydrogen (secondary N) is 2. The Kier molecular flexibility index (Phi) is 10.3. The van der Waals surface area contributed by atoms with Crippen LogP contribution in [0.25, 0.3) is 20.8 Å². The Labute approximate surface area is 280 Å². The predicted molar refractivity (Wildman–Crippen MR) is 183 cm³/mol. The second-order valence-electron chi connectivity index (χ2n) is 10.8. The van der Waals surface area contributed by atoms with Gasteiger partial charge in [-0.1, -0.05) is 6.07 Å². The molecule has 0 fully saturated rings. The maximum absolute atomic E-state index is 15.4. The first-order valence-electron chi connectivity index (χ1n) is 15.3. The molecule has 246 valence electrons. The van der Waals surface area contributed by atoms with E-state index in [0.29, 0.717) is 48.0 Å². The summed E-state index contributed by atoms with van der Waals surface area (Å²) in [5.41, 5.74) is 3.87. The summed E-state index contributed by atoms with van der Waals surface area (Å²) in [7, 11) is 1.67. The number of hydrogen-bond donors (Lipinski definition) is 2. The summed E-state index contributed by atoms with van der Waals surface area (Å²) in [4.78, 5) is 25.2. The number of amides is 1. The van der Waals surface area contributed by atoms with Crippen molar-refractivity contribution in [2.24, 2.45) is 0 Å². The molecule has 1 amide bonds. The third-order valence-corrected chi connectivity index (χ3v) is 8.60. The first kappa shape index (κ1) is 32.8. The first-order valence-corrected chi connectivity index (χ1v) is 16.1. The Bertz CT molecular complexity index is 1960. The van der Waals surface area contributed by atoms with Gasteiger partial charge in [0.15, 0.2) is 11.6 Å². The van der Waals surface area contributed by atoms with E-state index in [4.69, 9.17) is 14.2 Å². The summed E-state index contributed by atoms with van der Waals surface area (Å²) in [5, 5.41) is 6.07. The van der Waals surface area contributed by atoms with Gasteiger partial charge in [-0.3, -0.25) is 14.8 Å². The van der Waals surface area contributed by atoms with E-state index in [9.17, 15) is 9.18 Å². The minimum atomic E-state index is -0.651. The Morgan fingerprint density at radius 2 is 1.88 bits per heavy atom. The number of nitrogens with zero attached hydrogens (tertiary/aromatic N) is 3. The molecule has 4 heterocycles. The van der Waals surface area contributed by atoms with Gasteiger partial charge >= 0.3 is 0 Å². The second kappa shape index (κ2) is 15.2. The van der Waals surface area contributed by atoms with Crippen LogP contribution in [0.3, 0.4) is 0 Å². The summed E-state index contributed by atoms with van der Waals surface area (Å²) in [5.74, 6) is -0.599. The lowest BCUT2D eigenvalue weighted by Gasteiger charge is -2.27. The van der Waals surface area contributed by atoms with Crippen LogP contribution < -0.4 is 20.3 Å². The van der Waals surface area contributed by atoms with Crippen molar-refractivity contribution in [1.29, 1.82) is 0 Å². The number of halogens is 2. The van der Waals surface area contributed by atoms with Crippen LogP contribution in [0.1, 0.15) is 12.5 Å². The Hall–Kier alpha value is -5.17. The summed E-state index contributed by atoms with van der Waals surface area (Å²) < 4.78 is 46.4. The molecule has 0 spiro atoms. The van der Waals surface area contributed by atoms with Crippen LogP contribution in [0.15, 0.2) is 103 Å². The third kappa shape index (κ3) is 7.68. The van der Waals surface area contributed by atoms with Crippen LogP contribution in [-0.2, 0) is 20.8 Å². The fourth-order valence-electron chi connectivity index (χ4n) is 5.03. The molecule has 0 atom stereocenters. The SMILES string of the molecule is CCOC1=C(C(=O)Nc2ccc(Oc3ccnc4cc(-c5ccc(CNCCOC)cn5)sc34)c(F)c2)CN(c2ccc(F)cc2)C=C1. The largest absolute Gasteiger partial charge is 0.493 e. The maximum atomic E-state index is 15.4. The molecule has 5 aromatic rings. The molecule has 2 aromatic carbocycles. The molecule has 3 aromatic heterocycles. The van der Waals surface area contributed by atoms with E-state index in [-0.39, 0.29) is 23.8 Å². The fraction of sp³-hybridized carbons (Fsp3) is 0.194. The van der Waals surface area contributed by atoms with Gasteiger partial charge in [0.25, 0.3) is 5.91 Å². The van der Waals surface area contributed by atoms with E-state index in [1.54, 1.807) is 54.7 Å². The maximum Gasteiger partial charge on any atom is 0.257 e. The molecule has 0 saturated heterocycles. The van der Waals surface area contributed by atoms with Crippen molar-refractivity contribution in [2.45, 2.75) is 13.5 Å². The zero-order valence-electron chi connectivity index (χ0n) is 26.3. The summed E-state index contributed by atoms with van der Waals surface area (Å²) >= 11 is 1.46. The summed E-state index contributed by atoms with van der Waals surface area (Å²) in [6.07, 6.45) is 6.90. The molecule has 0 aliphatic carbocycles. The van der Waals surface area contributed by atoms with E-state index in [1.807, 2.05) is 31.3 Å². The predicted octanol–water partition coefficient (Wildman–Crippen LogP) is 7.43. The highest BCUT2D eigenvalue weighted by Gasteiger charge is 2.23. The topological polar surface area (TPSA) is 97.8 Å². The Morgan fingerprint density at radius 3 is 2.62 bits per heavy atom. The molecule has 0 unspecified atom stereocenters. The van der Waals surface area contributed by atoms with Gasteiger partial charge in [-0.25, -0.2) is 8.78 Å². The van der Waals surface area contributed by atoms with E-state index < -0.39 is 11.7 Å². The van der Waals surface area contributed by atoms with Crippen LogP contribution in [0.5, 0.6) is 11.5 Å². The first-order chi connectivity index (χ1) is 23.4. The monoisotopic (exact) mass is 669 g/mol. The molecule has 48 heavy (non-hydrogen) atoms. The Balaban J connectivity index is 1.15. The number of pyridine rings is 2. The van der Waals surface area contributed by atoms with Crippen molar-refractivity contribution in [2.75, 3.05) is 43.6 Å². The van der Waals surface area contributed by atoms with Crippen molar-refractivity contribution >= 4 is 38.8 Å². The number of aromatic nitrogens is 2. The summed E-state index contributed by atoms with van der Waals surface area (Å²) in [6.45, 7) is 4.45. The van der Waals surface area contributed by atoms with Gasteiger partial charge in [-0.15, -0.1) is 11.3 Å². The number of hydrogen-bond acceptors (Lipinski definition) is 9. The molecule has 6 rings (SSSR count). The zero-order chi connectivity index (χ0) is 33.5. The highest BCUT2D eigenvalue weighted by Crippen LogP contribution is 2.39. The van der Waals surface area contributed by atoms with Crippen LogP contribution in [0, 0.1) is 11.6 Å². The van der Waals surface area contributed by atoms with Gasteiger partial charge in [0.1, 0.15) is 17.3 Å². The van der Waals surface area contributed by atoms with Gasteiger partial charge in [0, 0.05) is 62.3 Å². The van der Waals surface area contributed by atoms with E-state index >= 15 is 4.39 Å². The van der Waals surface area contributed by atoms with E-state index in [2.05, 4.69) is 20.6 Å². The van der Waals surface area contributed by atoms with Crippen molar-refractivity contribution in [1.82, 2.24) is 15.3 Å². The van der Waals surface area contributed by atoms with Crippen LogP contribution >= 0.6 is 11.3 Å². The molecule has 0 radical (unpaired) electrons. The standard InChI is InChI=1S/C36H33F2N5O4S/c1-3-46-31-13-16-43(26-8-5-24(37)6-9-26)22-27(31)36(44)42-25-7-11-32(28(38)18-25)47-33-12-14-40-30-19-34(48-35(30)33)29-10-4-23(21-41-29)20-39-15-17-45-2/h4-14,16,18-19,21,39H,3,15,17,20,22H2,1-2H3,(H,42,44). The molecule has 1 aliphatic heterocycles. The molecular weight excluding hydrogens is 636 g/mol. The van der Waals surface area contributed by atoms with Gasteiger partial charge in [0.05, 0.1) is 46.1 Å². The van der Waals surface area contributed by atoms with Crippen molar-refractivity contribution in [3.05, 3.63) is 120 Å². The third-order valence-electron chi connectivity index (χ3n) is 7.44. The van der Waals surface area contributed by atoms with Gasteiger partial charge in [-0.05, 0) is 67.1 Å². The highest BCUT2D eigenvalue weighted by molar-refractivity contribution is 7.22. The smallest absolute Gasteiger partial charge is 0.257 e. The van der Waals surface area contributed by atoms with Crippen molar-refractivity contribution in [3.63, 3.8) is 0 Å². The molecule has 9 nitrogen and oxygen atoms in total. The molecule has 0 bridgehead atoms.